The Morgan fingerprint density at radius 3 is 2.88 bits per heavy atom. The van der Waals surface area contributed by atoms with Crippen LogP contribution in [0.5, 0.6) is 5.75 Å². The Labute approximate surface area is 93.8 Å². The molecule has 1 fully saturated rings. The van der Waals surface area contributed by atoms with Crippen LogP contribution in [0.2, 0.25) is 0 Å². The number of phenolic OH excluding ortho intramolecular Hbond substituents is 1. The number of oxazole rings is 1. The summed E-state index contributed by atoms with van der Waals surface area (Å²) in [7, 11) is 0. The largest absolute Gasteiger partial charge is 0.508 e. The Morgan fingerprint density at radius 1 is 1.38 bits per heavy atom. The number of benzene rings is 1. The Bertz CT molecular complexity index is 526. The zero-order valence-corrected chi connectivity index (χ0v) is 9.10. The van der Waals surface area contributed by atoms with Crippen molar-refractivity contribution in [2.45, 2.75) is 25.7 Å². The Kier molecular flexibility index (Phi) is 1.99. The van der Waals surface area contributed by atoms with E-state index in [2.05, 4.69) is 4.98 Å². The standard InChI is InChI=1S/C13H13NO2/c1-8-2-3-10(6-12(8)15)11-7-16-13(14-11)9-4-5-9/h2-3,6-7,9,15H,4-5H2,1H3. The van der Waals surface area contributed by atoms with Gasteiger partial charge < -0.3 is 9.52 Å². The maximum absolute atomic E-state index is 9.63. The van der Waals surface area contributed by atoms with E-state index in [0.717, 1.165) is 22.7 Å². The molecule has 0 aliphatic heterocycles. The minimum atomic E-state index is 0.300. The first-order valence-electron chi connectivity index (χ1n) is 5.49. The van der Waals surface area contributed by atoms with Gasteiger partial charge in [0.05, 0.1) is 0 Å². The van der Waals surface area contributed by atoms with Crippen LogP contribution in [0, 0.1) is 6.92 Å². The van der Waals surface area contributed by atoms with Crippen molar-refractivity contribution in [1.82, 2.24) is 4.98 Å². The van der Waals surface area contributed by atoms with Gasteiger partial charge in [0.15, 0.2) is 5.89 Å². The van der Waals surface area contributed by atoms with Crippen LogP contribution < -0.4 is 0 Å². The molecule has 1 heterocycles. The van der Waals surface area contributed by atoms with E-state index < -0.39 is 0 Å². The molecule has 3 heteroatoms. The number of aromatic nitrogens is 1. The van der Waals surface area contributed by atoms with Crippen molar-refractivity contribution >= 4 is 0 Å². The maximum atomic E-state index is 9.63. The first-order chi connectivity index (χ1) is 7.74. The van der Waals surface area contributed by atoms with Crippen LogP contribution in [0.3, 0.4) is 0 Å². The van der Waals surface area contributed by atoms with E-state index in [4.69, 9.17) is 4.42 Å². The van der Waals surface area contributed by atoms with Crippen molar-refractivity contribution in [2.75, 3.05) is 0 Å². The van der Waals surface area contributed by atoms with E-state index in [1.807, 2.05) is 19.1 Å². The van der Waals surface area contributed by atoms with Gasteiger partial charge in [-0.1, -0.05) is 12.1 Å². The summed E-state index contributed by atoms with van der Waals surface area (Å²) in [4.78, 5) is 4.44. The second kappa shape index (κ2) is 3.37. The summed E-state index contributed by atoms with van der Waals surface area (Å²) in [6, 6.07) is 5.56. The summed E-state index contributed by atoms with van der Waals surface area (Å²) in [6.45, 7) is 1.87. The second-order valence-corrected chi connectivity index (χ2v) is 4.35. The zero-order chi connectivity index (χ0) is 11.1. The van der Waals surface area contributed by atoms with E-state index in [9.17, 15) is 5.11 Å². The molecule has 1 aliphatic carbocycles. The molecular formula is C13H13NO2. The molecule has 1 aromatic heterocycles. The van der Waals surface area contributed by atoms with Gasteiger partial charge in [0.25, 0.3) is 0 Å². The molecule has 0 saturated heterocycles. The highest BCUT2D eigenvalue weighted by Crippen LogP contribution is 2.40. The lowest BCUT2D eigenvalue weighted by molar-refractivity contribution is 0.471. The molecule has 0 atom stereocenters. The van der Waals surface area contributed by atoms with Gasteiger partial charge in [-0.2, -0.15) is 0 Å². The van der Waals surface area contributed by atoms with Gasteiger partial charge in [0.2, 0.25) is 0 Å². The summed E-state index contributed by atoms with van der Waals surface area (Å²) < 4.78 is 5.42. The third-order valence-corrected chi connectivity index (χ3v) is 2.95. The highest BCUT2D eigenvalue weighted by molar-refractivity contribution is 5.61. The summed E-state index contributed by atoms with van der Waals surface area (Å²) in [6.07, 6.45) is 4.02. The SMILES string of the molecule is Cc1ccc(-c2coc(C3CC3)n2)cc1O. The Balaban J connectivity index is 1.97. The maximum Gasteiger partial charge on any atom is 0.197 e. The normalized spacial score (nSPS) is 15.3. The lowest BCUT2D eigenvalue weighted by Crippen LogP contribution is -1.82. The summed E-state index contributed by atoms with van der Waals surface area (Å²) in [5.41, 5.74) is 2.57. The van der Waals surface area contributed by atoms with Crippen LogP contribution in [0.4, 0.5) is 0 Å². The fourth-order valence-electron chi connectivity index (χ4n) is 1.71. The minimum Gasteiger partial charge on any atom is -0.508 e. The lowest BCUT2D eigenvalue weighted by Gasteiger charge is -2.00. The van der Waals surface area contributed by atoms with Gasteiger partial charge >= 0.3 is 0 Å². The first kappa shape index (κ1) is 9.46. The summed E-state index contributed by atoms with van der Waals surface area (Å²) in [5, 5.41) is 9.63. The number of aryl methyl sites for hydroxylation is 1. The monoisotopic (exact) mass is 215 g/mol. The molecule has 0 unspecified atom stereocenters. The number of hydrogen-bond donors (Lipinski definition) is 1. The number of aromatic hydroxyl groups is 1. The van der Waals surface area contributed by atoms with Crippen molar-refractivity contribution in [3.63, 3.8) is 0 Å². The quantitative estimate of drug-likeness (QED) is 0.836. The van der Waals surface area contributed by atoms with Crippen LogP contribution in [0.25, 0.3) is 11.3 Å². The van der Waals surface area contributed by atoms with Gasteiger partial charge in [-0.15, -0.1) is 0 Å². The van der Waals surface area contributed by atoms with Gasteiger partial charge in [-0.05, 0) is 31.4 Å². The molecule has 1 saturated carbocycles. The highest BCUT2D eigenvalue weighted by Gasteiger charge is 2.28. The molecule has 16 heavy (non-hydrogen) atoms. The zero-order valence-electron chi connectivity index (χ0n) is 9.10. The van der Waals surface area contributed by atoms with Crippen LogP contribution in [0.15, 0.2) is 28.9 Å². The third-order valence-electron chi connectivity index (χ3n) is 2.95. The van der Waals surface area contributed by atoms with Crippen LogP contribution in [0.1, 0.15) is 30.2 Å². The number of phenols is 1. The third kappa shape index (κ3) is 1.58. The average Bonchev–Trinajstić information content (AvgIpc) is 3.01. The van der Waals surface area contributed by atoms with Gasteiger partial charge in [-0.25, -0.2) is 4.98 Å². The van der Waals surface area contributed by atoms with Gasteiger partial charge in [0, 0.05) is 11.5 Å². The molecule has 0 amide bonds. The van der Waals surface area contributed by atoms with Crippen molar-refractivity contribution in [3.8, 4) is 17.0 Å². The lowest BCUT2D eigenvalue weighted by atomic mass is 10.1. The number of hydrogen-bond acceptors (Lipinski definition) is 3. The molecule has 0 bridgehead atoms. The predicted molar refractivity (Wildman–Crippen MR) is 60.3 cm³/mol. The van der Waals surface area contributed by atoms with Crippen molar-refractivity contribution in [3.05, 3.63) is 35.9 Å². The fourth-order valence-corrected chi connectivity index (χ4v) is 1.71. The molecule has 0 spiro atoms. The summed E-state index contributed by atoms with van der Waals surface area (Å²) in [5.74, 6) is 1.65. The predicted octanol–water partition coefficient (Wildman–Crippen LogP) is 3.23. The van der Waals surface area contributed by atoms with Gasteiger partial charge in [-0.3, -0.25) is 0 Å². The molecule has 3 nitrogen and oxygen atoms in total. The fraction of sp³-hybridized carbons (Fsp3) is 0.308. The van der Waals surface area contributed by atoms with E-state index in [1.54, 1.807) is 12.3 Å². The van der Waals surface area contributed by atoms with E-state index in [-0.39, 0.29) is 0 Å². The van der Waals surface area contributed by atoms with Crippen LogP contribution >= 0.6 is 0 Å². The molecule has 0 radical (unpaired) electrons. The molecule has 1 N–H and O–H groups in total. The summed E-state index contributed by atoms with van der Waals surface area (Å²) >= 11 is 0. The Hall–Kier alpha value is -1.77. The molecular weight excluding hydrogens is 202 g/mol. The van der Waals surface area contributed by atoms with E-state index >= 15 is 0 Å². The number of rotatable bonds is 2. The van der Waals surface area contributed by atoms with Crippen LogP contribution in [-0.4, -0.2) is 10.1 Å². The first-order valence-corrected chi connectivity index (χ1v) is 5.49. The van der Waals surface area contributed by atoms with Crippen molar-refractivity contribution < 1.29 is 9.52 Å². The number of nitrogens with zero attached hydrogens (tertiary/aromatic N) is 1. The van der Waals surface area contributed by atoms with Gasteiger partial charge in [0.1, 0.15) is 17.7 Å². The van der Waals surface area contributed by atoms with Crippen LogP contribution in [-0.2, 0) is 0 Å². The average molecular weight is 215 g/mol. The highest BCUT2D eigenvalue weighted by atomic mass is 16.3. The molecule has 82 valence electrons. The molecule has 1 aliphatic rings. The second-order valence-electron chi connectivity index (χ2n) is 4.35. The minimum absolute atomic E-state index is 0.300. The van der Waals surface area contributed by atoms with Crippen molar-refractivity contribution in [2.24, 2.45) is 0 Å². The molecule has 1 aromatic carbocycles. The smallest absolute Gasteiger partial charge is 0.197 e. The van der Waals surface area contributed by atoms with E-state index in [0.29, 0.717) is 11.7 Å². The van der Waals surface area contributed by atoms with Crippen molar-refractivity contribution in [1.29, 1.82) is 0 Å². The topological polar surface area (TPSA) is 46.3 Å². The molecule has 2 aromatic rings. The Morgan fingerprint density at radius 2 is 2.19 bits per heavy atom. The molecule has 3 rings (SSSR count). The van der Waals surface area contributed by atoms with E-state index in [1.165, 1.54) is 12.8 Å².